The Morgan fingerprint density at radius 1 is 1.30 bits per heavy atom. The number of carbonyl (C=O) groups excluding carboxylic acids is 1. The van der Waals surface area contributed by atoms with Crippen LogP contribution in [0.4, 0.5) is 10.6 Å². The molecule has 162 valence electrons. The number of rotatable bonds is 5. The summed E-state index contributed by atoms with van der Waals surface area (Å²) in [5, 5.41) is 6.00. The van der Waals surface area contributed by atoms with Crippen LogP contribution in [0.2, 0.25) is 0 Å². The van der Waals surface area contributed by atoms with Crippen molar-refractivity contribution in [3.63, 3.8) is 0 Å². The van der Waals surface area contributed by atoms with E-state index in [-0.39, 0.29) is 5.56 Å². The fraction of sp³-hybridized carbons (Fsp3) is 0.500. The van der Waals surface area contributed by atoms with Gasteiger partial charge in [0.15, 0.2) is 0 Å². The highest BCUT2D eigenvalue weighted by atomic mass is 16.6. The number of amides is 1. The highest BCUT2D eigenvalue weighted by Crippen LogP contribution is 2.23. The minimum absolute atomic E-state index is 0.135. The summed E-state index contributed by atoms with van der Waals surface area (Å²) in [6, 6.07) is 6.73. The zero-order valence-corrected chi connectivity index (χ0v) is 18.2. The lowest BCUT2D eigenvalue weighted by molar-refractivity contribution is 0.0505. The Kier molecular flexibility index (Phi) is 6.34. The minimum Gasteiger partial charge on any atom is -0.494 e. The molecule has 3 rings (SSSR count). The van der Waals surface area contributed by atoms with Gasteiger partial charge in [-0.3, -0.25) is 9.36 Å². The van der Waals surface area contributed by atoms with Crippen molar-refractivity contribution in [2.45, 2.75) is 59.1 Å². The number of ether oxygens (including phenoxy) is 2. The van der Waals surface area contributed by atoms with Crippen molar-refractivity contribution in [1.82, 2.24) is 14.9 Å². The van der Waals surface area contributed by atoms with Gasteiger partial charge in [0, 0.05) is 6.54 Å². The van der Waals surface area contributed by atoms with Crippen LogP contribution in [-0.2, 0) is 11.2 Å². The molecular weight excluding hydrogens is 384 g/mol. The van der Waals surface area contributed by atoms with E-state index in [9.17, 15) is 9.59 Å². The number of carbonyl (C=O) groups is 1. The van der Waals surface area contributed by atoms with E-state index in [1.165, 1.54) is 0 Å². The van der Waals surface area contributed by atoms with Gasteiger partial charge in [-0.2, -0.15) is 0 Å². The topological polar surface area (TPSA) is 94.5 Å². The Morgan fingerprint density at radius 3 is 2.63 bits per heavy atom. The number of alkyl carbamates (subject to hydrolysis) is 1. The van der Waals surface area contributed by atoms with Gasteiger partial charge in [0.25, 0.3) is 5.56 Å². The second kappa shape index (κ2) is 8.77. The van der Waals surface area contributed by atoms with Crippen molar-refractivity contribution in [1.29, 1.82) is 0 Å². The first kappa shape index (κ1) is 21.7. The van der Waals surface area contributed by atoms with Crippen LogP contribution in [-0.4, -0.2) is 34.4 Å². The van der Waals surface area contributed by atoms with Gasteiger partial charge in [0.1, 0.15) is 23.0 Å². The van der Waals surface area contributed by atoms with Gasteiger partial charge in [-0.15, -0.1) is 0 Å². The molecule has 0 bridgehead atoms. The predicted octanol–water partition coefficient (Wildman–Crippen LogP) is 3.58. The van der Waals surface area contributed by atoms with Crippen LogP contribution < -0.4 is 20.9 Å². The van der Waals surface area contributed by atoms with Crippen LogP contribution >= 0.6 is 0 Å². The molecule has 1 aliphatic heterocycles. The summed E-state index contributed by atoms with van der Waals surface area (Å²) >= 11 is 0. The highest BCUT2D eigenvalue weighted by molar-refractivity contribution is 5.68. The van der Waals surface area contributed by atoms with E-state index in [1.807, 2.05) is 31.2 Å². The van der Waals surface area contributed by atoms with Gasteiger partial charge >= 0.3 is 6.09 Å². The number of nitrogens with one attached hydrogen (secondary N) is 2. The second-order valence-electron chi connectivity index (χ2n) is 8.26. The first-order chi connectivity index (χ1) is 14.2. The van der Waals surface area contributed by atoms with E-state index in [0.717, 1.165) is 18.7 Å². The molecule has 1 aliphatic rings. The molecule has 8 nitrogen and oxygen atoms in total. The molecule has 30 heavy (non-hydrogen) atoms. The number of hydrogen-bond donors (Lipinski definition) is 2. The standard InChI is InChI=1S/C22H30N4O4/c1-6-29-16-11-9-15(10-12-16)26-19(14(2)24-21(28)30-22(3,4)5)25-18-17(20(26)27)8-7-13-23-18/h9-12,14,23H,6-8,13H2,1-5H3,(H,24,28)/t14-/m1/s1. The minimum atomic E-state index is -0.622. The van der Waals surface area contributed by atoms with Gasteiger partial charge in [0.05, 0.1) is 23.9 Å². The summed E-state index contributed by atoms with van der Waals surface area (Å²) in [4.78, 5) is 30.4. The molecule has 0 fully saturated rings. The van der Waals surface area contributed by atoms with Crippen molar-refractivity contribution < 1.29 is 14.3 Å². The number of fused-ring (bicyclic) bond motifs is 1. The van der Waals surface area contributed by atoms with Gasteiger partial charge in [-0.05, 0) is 71.7 Å². The summed E-state index contributed by atoms with van der Waals surface area (Å²) in [5.41, 5.74) is 0.563. The third-order valence-electron chi connectivity index (χ3n) is 4.63. The summed E-state index contributed by atoms with van der Waals surface area (Å²) in [6.45, 7) is 10.4. The summed E-state index contributed by atoms with van der Waals surface area (Å²) < 4.78 is 12.4. The maximum atomic E-state index is 13.4. The molecule has 1 amide bonds. The van der Waals surface area contributed by atoms with E-state index >= 15 is 0 Å². The maximum Gasteiger partial charge on any atom is 0.408 e. The zero-order chi connectivity index (χ0) is 21.9. The lowest BCUT2D eigenvalue weighted by Gasteiger charge is -2.25. The fourth-order valence-corrected chi connectivity index (χ4v) is 3.36. The number of anilines is 1. The molecule has 0 saturated heterocycles. The van der Waals surface area contributed by atoms with Crippen molar-refractivity contribution >= 4 is 11.9 Å². The zero-order valence-electron chi connectivity index (χ0n) is 18.2. The molecule has 0 unspecified atom stereocenters. The quantitative estimate of drug-likeness (QED) is 0.777. The first-order valence-electron chi connectivity index (χ1n) is 10.3. The van der Waals surface area contributed by atoms with E-state index in [0.29, 0.717) is 35.9 Å². The average Bonchev–Trinajstić information content (AvgIpc) is 2.67. The van der Waals surface area contributed by atoms with Gasteiger partial charge in [0.2, 0.25) is 0 Å². The molecule has 8 heteroatoms. The molecule has 0 aliphatic carbocycles. The number of benzene rings is 1. The molecule has 1 aromatic heterocycles. The van der Waals surface area contributed by atoms with E-state index < -0.39 is 17.7 Å². The fourth-order valence-electron chi connectivity index (χ4n) is 3.36. The maximum absolute atomic E-state index is 13.4. The average molecular weight is 415 g/mol. The monoisotopic (exact) mass is 414 g/mol. The van der Waals surface area contributed by atoms with E-state index in [1.54, 1.807) is 32.3 Å². The third-order valence-corrected chi connectivity index (χ3v) is 4.63. The Balaban J connectivity index is 2.03. The predicted molar refractivity (Wildman–Crippen MR) is 116 cm³/mol. The van der Waals surface area contributed by atoms with Crippen LogP contribution in [0.15, 0.2) is 29.1 Å². The second-order valence-corrected chi connectivity index (χ2v) is 8.26. The molecule has 2 aromatic rings. The number of hydrogen-bond acceptors (Lipinski definition) is 6. The smallest absolute Gasteiger partial charge is 0.408 e. The van der Waals surface area contributed by atoms with Crippen molar-refractivity contribution in [2.75, 3.05) is 18.5 Å². The largest absolute Gasteiger partial charge is 0.494 e. The molecule has 1 atom stereocenters. The molecule has 0 spiro atoms. The normalized spacial score (nSPS) is 14.3. The lowest BCUT2D eigenvalue weighted by Crippen LogP contribution is -2.38. The highest BCUT2D eigenvalue weighted by Gasteiger charge is 2.25. The summed E-state index contributed by atoms with van der Waals surface area (Å²) in [6.07, 6.45) is 0.977. The van der Waals surface area contributed by atoms with Crippen LogP contribution in [0.25, 0.3) is 5.69 Å². The van der Waals surface area contributed by atoms with Crippen molar-refractivity contribution in [3.8, 4) is 11.4 Å². The number of aromatic nitrogens is 2. The first-order valence-corrected chi connectivity index (χ1v) is 10.3. The summed E-state index contributed by atoms with van der Waals surface area (Å²) in [7, 11) is 0. The van der Waals surface area contributed by atoms with Crippen molar-refractivity contribution in [3.05, 3.63) is 46.0 Å². The molecule has 2 heterocycles. The molecular formula is C22H30N4O4. The molecule has 1 aromatic carbocycles. The van der Waals surface area contributed by atoms with Crippen LogP contribution in [0, 0.1) is 0 Å². The van der Waals surface area contributed by atoms with Gasteiger partial charge < -0.3 is 20.1 Å². The van der Waals surface area contributed by atoms with E-state index in [2.05, 4.69) is 10.6 Å². The lowest BCUT2D eigenvalue weighted by atomic mass is 10.1. The third kappa shape index (κ3) is 4.93. The molecule has 0 radical (unpaired) electrons. The van der Waals surface area contributed by atoms with Crippen LogP contribution in [0.5, 0.6) is 5.75 Å². The van der Waals surface area contributed by atoms with Crippen LogP contribution in [0.1, 0.15) is 58.5 Å². The molecule has 2 N–H and O–H groups in total. The SMILES string of the molecule is CCOc1ccc(-n2c([C@@H](C)NC(=O)OC(C)(C)C)nc3c(c2=O)CCCN3)cc1. The number of nitrogens with zero attached hydrogens (tertiary/aromatic N) is 2. The Morgan fingerprint density at radius 2 is 2.00 bits per heavy atom. The van der Waals surface area contributed by atoms with Crippen molar-refractivity contribution in [2.24, 2.45) is 0 Å². The Hall–Kier alpha value is -3.03. The molecule has 0 saturated carbocycles. The van der Waals surface area contributed by atoms with Gasteiger partial charge in [-0.25, -0.2) is 9.78 Å². The van der Waals surface area contributed by atoms with E-state index in [4.69, 9.17) is 14.5 Å². The van der Waals surface area contributed by atoms with Crippen LogP contribution in [0.3, 0.4) is 0 Å². The van der Waals surface area contributed by atoms with Gasteiger partial charge in [-0.1, -0.05) is 0 Å². The summed E-state index contributed by atoms with van der Waals surface area (Å²) in [5.74, 6) is 1.74. The Bertz CT molecular complexity index is 961. The Labute approximate surface area is 176 Å².